The zero-order valence-corrected chi connectivity index (χ0v) is 9.02. The second-order valence-electron chi connectivity index (χ2n) is 3.45. The summed E-state index contributed by atoms with van der Waals surface area (Å²) in [6.07, 6.45) is 0.305. The Balaban J connectivity index is 2.73. The third-order valence-corrected chi connectivity index (χ3v) is 2.22. The standard InChI is InChI=1S/C10H13N3O2/c1-7(4-5-11)13(3)10(14)9-6-8(2)15-12-9/h6-7H,4H2,1-3H3. The van der Waals surface area contributed by atoms with Crippen LogP contribution in [0.1, 0.15) is 29.6 Å². The van der Waals surface area contributed by atoms with Crippen molar-refractivity contribution >= 4 is 5.91 Å². The minimum Gasteiger partial charge on any atom is -0.361 e. The average molecular weight is 207 g/mol. The number of carbonyl (C=O) groups excluding carboxylic acids is 1. The lowest BCUT2D eigenvalue weighted by Gasteiger charge is -2.21. The lowest BCUT2D eigenvalue weighted by Crippen LogP contribution is -2.34. The molecule has 0 saturated heterocycles. The van der Waals surface area contributed by atoms with Crippen LogP contribution in [0.25, 0.3) is 0 Å². The van der Waals surface area contributed by atoms with Crippen LogP contribution in [0.3, 0.4) is 0 Å². The smallest absolute Gasteiger partial charge is 0.276 e. The van der Waals surface area contributed by atoms with Crippen molar-refractivity contribution in [2.45, 2.75) is 26.3 Å². The Kier molecular flexibility index (Phi) is 3.45. The molecule has 0 saturated carbocycles. The molecule has 1 rings (SSSR count). The fourth-order valence-electron chi connectivity index (χ4n) is 1.12. The number of nitrogens with zero attached hydrogens (tertiary/aromatic N) is 3. The second-order valence-corrected chi connectivity index (χ2v) is 3.45. The number of rotatable bonds is 3. The van der Waals surface area contributed by atoms with E-state index in [1.165, 1.54) is 4.90 Å². The molecule has 1 amide bonds. The average Bonchev–Trinajstić information content (AvgIpc) is 2.63. The van der Waals surface area contributed by atoms with Gasteiger partial charge in [-0.25, -0.2) is 0 Å². The van der Waals surface area contributed by atoms with E-state index in [-0.39, 0.29) is 17.6 Å². The van der Waals surface area contributed by atoms with E-state index in [1.54, 1.807) is 20.0 Å². The largest absolute Gasteiger partial charge is 0.361 e. The number of hydrogen-bond donors (Lipinski definition) is 0. The van der Waals surface area contributed by atoms with Crippen molar-refractivity contribution in [3.63, 3.8) is 0 Å². The quantitative estimate of drug-likeness (QED) is 0.750. The molecule has 0 aromatic carbocycles. The van der Waals surface area contributed by atoms with E-state index >= 15 is 0 Å². The van der Waals surface area contributed by atoms with Gasteiger partial charge in [-0.2, -0.15) is 5.26 Å². The molecule has 0 aliphatic rings. The van der Waals surface area contributed by atoms with Gasteiger partial charge in [0.1, 0.15) is 5.76 Å². The maximum absolute atomic E-state index is 11.8. The highest BCUT2D eigenvalue weighted by molar-refractivity contribution is 5.92. The number of amides is 1. The van der Waals surface area contributed by atoms with Crippen LogP contribution in [0.2, 0.25) is 0 Å². The molecule has 0 spiro atoms. The van der Waals surface area contributed by atoms with Crippen LogP contribution in [-0.4, -0.2) is 29.1 Å². The van der Waals surface area contributed by atoms with Gasteiger partial charge in [0.05, 0.1) is 12.5 Å². The molecule has 0 N–H and O–H groups in total. The van der Waals surface area contributed by atoms with Gasteiger partial charge in [0.25, 0.3) is 5.91 Å². The normalized spacial score (nSPS) is 11.9. The first kappa shape index (κ1) is 11.2. The van der Waals surface area contributed by atoms with E-state index in [4.69, 9.17) is 9.78 Å². The molecule has 1 atom stereocenters. The predicted octanol–water partition coefficient (Wildman–Crippen LogP) is 1.36. The highest BCUT2D eigenvalue weighted by Gasteiger charge is 2.19. The Morgan fingerprint density at radius 3 is 2.93 bits per heavy atom. The highest BCUT2D eigenvalue weighted by Crippen LogP contribution is 2.08. The summed E-state index contributed by atoms with van der Waals surface area (Å²) in [7, 11) is 1.65. The van der Waals surface area contributed by atoms with Crippen molar-refractivity contribution in [1.82, 2.24) is 10.1 Å². The van der Waals surface area contributed by atoms with Crippen molar-refractivity contribution in [1.29, 1.82) is 5.26 Å². The van der Waals surface area contributed by atoms with Crippen molar-refractivity contribution in [3.8, 4) is 6.07 Å². The molecule has 0 fully saturated rings. The molecule has 5 nitrogen and oxygen atoms in total. The van der Waals surface area contributed by atoms with E-state index in [1.807, 2.05) is 13.0 Å². The fraction of sp³-hybridized carbons (Fsp3) is 0.500. The summed E-state index contributed by atoms with van der Waals surface area (Å²) in [5, 5.41) is 12.2. The zero-order valence-electron chi connectivity index (χ0n) is 9.02. The van der Waals surface area contributed by atoms with Crippen LogP contribution in [-0.2, 0) is 0 Å². The first-order valence-corrected chi connectivity index (χ1v) is 4.63. The molecule has 1 aromatic heterocycles. The number of carbonyl (C=O) groups is 1. The molecule has 1 unspecified atom stereocenters. The Morgan fingerprint density at radius 1 is 1.80 bits per heavy atom. The summed E-state index contributed by atoms with van der Waals surface area (Å²) in [4.78, 5) is 13.3. The van der Waals surface area contributed by atoms with Crippen molar-refractivity contribution in [2.24, 2.45) is 0 Å². The van der Waals surface area contributed by atoms with Crippen LogP contribution < -0.4 is 0 Å². The number of hydrogen-bond acceptors (Lipinski definition) is 4. The fourth-order valence-corrected chi connectivity index (χ4v) is 1.12. The maximum Gasteiger partial charge on any atom is 0.276 e. The van der Waals surface area contributed by atoms with Gasteiger partial charge in [0.15, 0.2) is 5.69 Å². The summed E-state index contributed by atoms with van der Waals surface area (Å²) in [6.45, 7) is 3.54. The molecular weight excluding hydrogens is 194 g/mol. The molecule has 80 valence electrons. The van der Waals surface area contributed by atoms with Gasteiger partial charge in [0, 0.05) is 19.2 Å². The summed E-state index contributed by atoms with van der Waals surface area (Å²) < 4.78 is 4.81. The highest BCUT2D eigenvalue weighted by atomic mass is 16.5. The van der Waals surface area contributed by atoms with Gasteiger partial charge in [-0.15, -0.1) is 0 Å². The van der Waals surface area contributed by atoms with Gasteiger partial charge in [-0.1, -0.05) is 5.16 Å². The molecule has 1 heterocycles. The number of nitriles is 1. The Morgan fingerprint density at radius 2 is 2.47 bits per heavy atom. The SMILES string of the molecule is Cc1cc(C(=O)N(C)C(C)CC#N)no1. The Bertz CT molecular complexity index is 392. The number of aryl methyl sites for hydroxylation is 1. The lowest BCUT2D eigenvalue weighted by molar-refractivity contribution is 0.0735. The van der Waals surface area contributed by atoms with E-state index in [0.717, 1.165) is 0 Å². The van der Waals surface area contributed by atoms with Crippen LogP contribution in [0.4, 0.5) is 0 Å². The van der Waals surface area contributed by atoms with Gasteiger partial charge in [-0.3, -0.25) is 4.79 Å². The van der Waals surface area contributed by atoms with Crippen LogP contribution >= 0.6 is 0 Å². The lowest BCUT2D eigenvalue weighted by atomic mass is 10.2. The van der Waals surface area contributed by atoms with Crippen molar-refractivity contribution in [2.75, 3.05) is 7.05 Å². The Hall–Kier alpha value is -1.83. The molecule has 0 radical (unpaired) electrons. The summed E-state index contributed by atoms with van der Waals surface area (Å²) >= 11 is 0. The third-order valence-electron chi connectivity index (χ3n) is 2.22. The van der Waals surface area contributed by atoms with E-state index in [0.29, 0.717) is 12.2 Å². The maximum atomic E-state index is 11.8. The van der Waals surface area contributed by atoms with Gasteiger partial charge >= 0.3 is 0 Å². The minimum atomic E-state index is -0.227. The predicted molar refractivity (Wildman–Crippen MR) is 53.0 cm³/mol. The van der Waals surface area contributed by atoms with Crippen LogP contribution in [0, 0.1) is 18.3 Å². The topological polar surface area (TPSA) is 70.1 Å². The van der Waals surface area contributed by atoms with E-state index in [9.17, 15) is 4.79 Å². The zero-order chi connectivity index (χ0) is 11.4. The van der Waals surface area contributed by atoms with E-state index in [2.05, 4.69) is 5.16 Å². The molecule has 0 aliphatic heterocycles. The van der Waals surface area contributed by atoms with Crippen molar-refractivity contribution < 1.29 is 9.32 Å². The van der Waals surface area contributed by atoms with Crippen molar-refractivity contribution in [3.05, 3.63) is 17.5 Å². The molecule has 0 aliphatic carbocycles. The summed E-state index contributed by atoms with van der Waals surface area (Å²) in [5.41, 5.74) is 0.278. The molecule has 15 heavy (non-hydrogen) atoms. The van der Waals surface area contributed by atoms with Crippen LogP contribution in [0.15, 0.2) is 10.6 Å². The van der Waals surface area contributed by atoms with Gasteiger partial charge in [-0.05, 0) is 13.8 Å². The first-order valence-electron chi connectivity index (χ1n) is 4.63. The molecule has 0 bridgehead atoms. The number of aromatic nitrogens is 1. The van der Waals surface area contributed by atoms with Crippen LogP contribution in [0.5, 0.6) is 0 Å². The Labute approximate surface area is 88.3 Å². The minimum absolute atomic E-state index is 0.125. The third kappa shape index (κ3) is 2.56. The summed E-state index contributed by atoms with van der Waals surface area (Å²) in [5.74, 6) is 0.370. The molecule has 1 aromatic rings. The molecular formula is C10H13N3O2. The van der Waals surface area contributed by atoms with Gasteiger partial charge in [0.2, 0.25) is 0 Å². The van der Waals surface area contributed by atoms with Gasteiger partial charge < -0.3 is 9.42 Å². The molecule has 5 heteroatoms. The first-order chi connectivity index (χ1) is 7.06. The second kappa shape index (κ2) is 4.60. The monoisotopic (exact) mass is 207 g/mol. The van der Waals surface area contributed by atoms with E-state index < -0.39 is 0 Å². The summed E-state index contributed by atoms with van der Waals surface area (Å²) in [6, 6.07) is 3.48.